The highest BCUT2D eigenvalue weighted by Gasteiger charge is 2.20. The molecule has 0 aromatic heterocycles. The highest BCUT2D eigenvalue weighted by molar-refractivity contribution is 5.78. The van der Waals surface area contributed by atoms with Gasteiger partial charge in [0.2, 0.25) is 0 Å². The zero-order valence-electron chi connectivity index (χ0n) is 13.0. The lowest BCUT2D eigenvalue weighted by Gasteiger charge is -2.32. The molecule has 0 unspecified atom stereocenters. The monoisotopic (exact) mass is 292 g/mol. The number of aryl methyl sites for hydroxylation is 1. The maximum atomic E-state index is 12.2. The number of carbonyl (C=O) groups is 1. The second-order valence-corrected chi connectivity index (χ2v) is 5.69. The van der Waals surface area contributed by atoms with Crippen molar-refractivity contribution in [2.45, 2.75) is 20.0 Å². The molecule has 1 saturated heterocycles. The van der Waals surface area contributed by atoms with Gasteiger partial charge in [0.05, 0.1) is 6.10 Å². The van der Waals surface area contributed by atoms with E-state index in [2.05, 4.69) is 11.9 Å². The van der Waals surface area contributed by atoms with Gasteiger partial charge in [-0.15, -0.1) is 0 Å². The van der Waals surface area contributed by atoms with Crippen LogP contribution in [0.1, 0.15) is 24.2 Å². The molecule has 116 valence electrons. The lowest BCUT2D eigenvalue weighted by atomic mass is 10.1. The van der Waals surface area contributed by atoms with E-state index >= 15 is 0 Å². The molecule has 0 aliphatic carbocycles. The molecule has 1 aliphatic heterocycles. The number of aliphatic hydroxyl groups is 1. The van der Waals surface area contributed by atoms with Crippen LogP contribution in [0.5, 0.6) is 5.75 Å². The Bertz CT molecular complexity index is 494. The third kappa shape index (κ3) is 4.19. The lowest BCUT2D eigenvalue weighted by molar-refractivity contribution is -0.134. The quantitative estimate of drug-likeness (QED) is 0.906. The van der Waals surface area contributed by atoms with Crippen molar-refractivity contribution < 1.29 is 14.6 Å². The Morgan fingerprint density at radius 1 is 1.33 bits per heavy atom. The Balaban J connectivity index is 1.96. The van der Waals surface area contributed by atoms with Crippen LogP contribution in [0, 0.1) is 6.92 Å². The Labute approximate surface area is 126 Å². The van der Waals surface area contributed by atoms with Gasteiger partial charge in [0.1, 0.15) is 5.75 Å². The summed E-state index contributed by atoms with van der Waals surface area (Å²) in [5.74, 6) is 0.591. The van der Waals surface area contributed by atoms with Crippen LogP contribution in [0.2, 0.25) is 0 Å². The van der Waals surface area contributed by atoms with Crippen molar-refractivity contribution in [3.63, 3.8) is 0 Å². The zero-order chi connectivity index (χ0) is 15.4. The van der Waals surface area contributed by atoms with Gasteiger partial charge in [-0.05, 0) is 32.5 Å². The van der Waals surface area contributed by atoms with Crippen LogP contribution in [0.4, 0.5) is 0 Å². The lowest BCUT2D eigenvalue weighted by Crippen LogP contribution is -2.48. The van der Waals surface area contributed by atoms with Crippen LogP contribution >= 0.6 is 0 Å². The molecule has 0 saturated carbocycles. The Morgan fingerprint density at radius 3 is 2.62 bits per heavy atom. The molecule has 1 amide bonds. The molecule has 1 aromatic carbocycles. The average Bonchev–Trinajstić information content (AvgIpc) is 2.45. The van der Waals surface area contributed by atoms with Crippen molar-refractivity contribution in [3.8, 4) is 5.75 Å². The highest BCUT2D eigenvalue weighted by Crippen LogP contribution is 2.26. The van der Waals surface area contributed by atoms with E-state index in [-0.39, 0.29) is 12.5 Å². The number of aliphatic hydroxyl groups excluding tert-OH is 1. The van der Waals surface area contributed by atoms with Gasteiger partial charge in [0.25, 0.3) is 5.91 Å². The maximum absolute atomic E-state index is 12.2. The first kappa shape index (κ1) is 15.8. The van der Waals surface area contributed by atoms with Crippen molar-refractivity contribution in [1.82, 2.24) is 9.80 Å². The van der Waals surface area contributed by atoms with Crippen molar-refractivity contribution in [2.24, 2.45) is 0 Å². The number of ether oxygens (including phenoxy) is 1. The van der Waals surface area contributed by atoms with Crippen molar-refractivity contribution in [3.05, 3.63) is 29.3 Å². The molecule has 2 rings (SSSR count). The second kappa shape index (κ2) is 6.91. The van der Waals surface area contributed by atoms with Gasteiger partial charge in [-0.2, -0.15) is 0 Å². The summed E-state index contributed by atoms with van der Waals surface area (Å²) < 4.78 is 5.66. The predicted octanol–water partition coefficient (Wildman–Crippen LogP) is 1.20. The van der Waals surface area contributed by atoms with Crippen molar-refractivity contribution in [2.75, 3.05) is 39.8 Å². The van der Waals surface area contributed by atoms with Crippen LogP contribution in [0.15, 0.2) is 18.2 Å². The third-order valence-corrected chi connectivity index (χ3v) is 3.83. The SMILES string of the molecule is Cc1ccc([C@@H](C)O)c(OCC(=O)N2CCN(C)CC2)c1. The highest BCUT2D eigenvalue weighted by atomic mass is 16.5. The first-order valence-electron chi connectivity index (χ1n) is 7.35. The summed E-state index contributed by atoms with van der Waals surface area (Å²) in [6, 6.07) is 5.63. The van der Waals surface area contributed by atoms with Crippen LogP contribution in [-0.4, -0.2) is 60.6 Å². The number of hydrogen-bond donors (Lipinski definition) is 1. The standard InChI is InChI=1S/C16H24N2O3/c1-12-4-5-14(13(2)19)15(10-12)21-11-16(20)18-8-6-17(3)7-9-18/h4-5,10,13,19H,6-9,11H2,1-3H3/t13-/m1/s1. The molecule has 5 heteroatoms. The molecule has 0 bridgehead atoms. The normalized spacial score (nSPS) is 17.6. The molecule has 1 N–H and O–H groups in total. The van der Waals surface area contributed by atoms with Crippen molar-refractivity contribution in [1.29, 1.82) is 0 Å². The fourth-order valence-corrected chi connectivity index (χ4v) is 2.40. The molecule has 5 nitrogen and oxygen atoms in total. The van der Waals surface area contributed by atoms with Gasteiger partial charge in [0.15, 0.2) is 6.61 Å². The number of likely N-dealkylation sites (N-methyl/N-ethyl adjacent to an activating group) is 1. The smallest absolute Gasteiger partial charge is 0.260 e. The third-order valence-electron chi connectivity index (χ3n) is 3.83. The van der Waals surface area contributed by atoms with Gasteiger partial charge >= 0.3 is 0 Å². The van der Waals surface area contributed by atoms with Crippen molar-refractivity contribution >= 4 is 5.91 Å². The van der Waals surface area contributed by atoms with E-state index < -0.39 is 6.10 Å². The molecule has 0 radical (unpaired) electrons. The Morgan fingerprint density at radius 2 is 2.00 bits per heavy atom. The fraction of sp³-hybridized carbons (Fsp3) is 0.562. The molecular weight excluding hydrogens is 268 g/mol. The summed E-state index contributed by atoms with van der Waals surface area (Å²) >= 11 is 0. The number of benzene rings is 1. The van der Waals surface area contributed by atoms with Crippen LogP contribution in [-0.2, 0) is 4.79 Å². The summed E-state index contributed by atoms with van der Waals surface area (Å²) in [5.41, 5.74) is 1.76. The Hall–Kier alpha value is -1.59. The summed E-state index contributed by atoms with van der Waals surface area (Å²) in [5, 5.41) is 9.76. The minimum Gasteiger partial charge on any atom is -0.483 e. The number of hydrogen-bond acceptors (Lipinski definition) is 4. The van der Waals surface area contributed by atoms with Gasteiger partial charge in [-0.1, -0.05) is 12.1 Å². The molecule has 1 aromatic rings. The van der Waals surface area contributed by atoms with Crippen LogP contribution in [0.25, 0.3) is 0 Å². The number of nitrogens with zero attached hydrogens (tertiary/aromatic N) is 2. The summed E-state index contributed by atoms with van der Waals surface area (Å²) in [7, 11) is 2.06. The van der Waals surface area contributed by atoms with Gasteiger partial charge in [-0.3, -0.25) is 4.79 Å². The minimum absolute atomic E-state index is 0.00106. The molecule has 1 fully saturated rings. The average molecular weight is 292 g/mol. The fourth-order valence-electron chi connectivity index (χ4n) is 2.40. The number of amides is 1. The largest absolute Gasteiger partial charge is 0.483 e. The van der Waals surface area contributed by atoms with E-state index in [0.717, 1.165) is 31.7 Å². The van der Waals surface area contributed by atoms with Crippen LogP contribution < -0.4 is 4.74 Å². The van der Waals surface area contributed by atoms with E-state index in [9.17, 15) is 9.90 Å². The first-order chi connectivity index (χ1) is 9.97. The Kier molecular flexibility index (Phi) is 5.20. The molecule has 21 heavy (non-hydrogen) atoms. The maximum Gasteiger partial charge on any atom is 0.260 e. The summed E-state index contributed by atoms with van der Waals surface area (Å²) in [4.78, 5) is 16.2. The molecule has 1 atom stereocenters. The van der Waals surface area contributed by atoms with Gasteiger partial charge < -0.3 is 19.6 Å². The van der Waals surface area contributed by atoms with E-state index in [4.69, 9.17) is 4.74 Å². The molecule has 1 aliphatic rings. The predicted molar refractivity (Wildman–Crippen MR) is 81.4 cm³/mol. The topological polar surface area (TPSA) is 53.0 Å². The van der Waals surface area contributed by atoms with Gasteiger partial charge in [-0.25, -0.2) is 0 Å². The first-order valence-corrected chi connectivity index (χ1v) is 7.35. The second-order valence-electron chi connectivity index (χ2n) is 5.69. The number of carbonyl (C=O) groups excluding carboxylic acids is 1. The van der Waals surface area contributed by atoms with E-state index in [1.807, 2.05) is 30.0 Å². The van der Waals surface area contributed by atoms with E-state index in [1.165, 1.54) is 0 Å². The zero-order valence-corrected chi connectivity index (χ0v) is 13.0. The van der Waals surface area contributed by atoms with E-state index in [1.54, 1.807) is 6.92 Å². The van der Waals surface area contributed by atoms with Gasteiger partial charge in [0, 0.05) is 31.7 Å². The number of piperazine rings is 1. The minimum atomic E-state index is -0.612. The number of rotatable bonds is 4. The van der Waals surface area contributed by atoms with E-state index in [0.29, 0.717) is 11.3 Å². The molecule has 0 spiro atoms. The van der Waals surface area contributed by atoms with Crippen LogP contribution in [0.3, 0.4) is 0 Å². The summed E-state index contributed by atoms with van der Waals surface area (Å²) in [6.45, 7) is 6.96. The molecule has 1 heterocycles. The molecular formula is C16H24N2O3. The summed E-state index contributed by atoms with van der Waals surface area (Å²) in [6.07, 6.45) is -0.612.